The lowest BCUT2D eigenvalue weighted by atomic mass is 10.1. The van der Waals surface area contributed by atoms with E-state index < -0.39 is 24.4 Å². The van der Waals surface area contributed by atoms with Crippen molar-refractivity contribution in [2.24, 2.45) is 5.92 Å². The summed E-state index contributed by atoms with van der Waals surface area (Å²) in [6, 6.07) is 15.6. The van der Waals surface area contributed by atoms with Crippen LogP contribution in [0.4, 0.5) is 26.2 Å². The van der Waals surface area contributed by atoms with E-state index in [0.29, 0.717) is 29.5 Å². The highest BCUT2D eigenvalue weighted by molar-refractivity contribution is 6.30. The third kappa shape index (κ3) is 8.03. The van der Waals surface area contributed by atoms with Crippen LogP contribution in [0.25, 0.3) is 0 Å². The van der Waals surface area contributed by atoms with Crippen molar-refractivity contribution in [1.29, 1.82) is 0 Å². The van der Waals surface area contributed by atoms with Crippen molar-refractivity contribution < 1.29 is 23.8 Å². The molecule has 0 aliphatic heterocycles. The number of amides is 2. The molecule has 0 fully saturated rings. The smallest absolute Gasteiger partial charge is 0.341 e. The van der Waals surface area contributed by atoms with Crippen LogP contribution in [-0.4, -0.2) is 30.3 Å². The number of carbonyl (C=O) groups is 2. The molecule has 3 aromatic rings. The molecule has 3 N–H and O–H groups in total. The molecule has 0 saturated carbocycles. The summed E-state index contributed by atoms with van der Waals surface area (Å²) in [5.74, 6) is -1.27. The number of halogens is 3. The summed E-state index contributed by atoms with van der Waals surface area (Å²) < 4.78 is 19.5. The fourth-order valence-corrected chi connectivity index (χ4v) is 3.78. The maximum absolute atomic E-state index is 14.2. The Kier molecular flexibility index (Phi) is 9.38. The number of aliphatic carboxylic acids is 1. The molecular weight excluding hydrogens is 508 g/mol. The summed E-state index contributed by atoms with van der Waals surface area (Å²) in [6.07, 6.45) is 0. The Balaban J connectivity index is 1.93. The number of hydrogen-bond acceptors (Lipinski definition) is 4. The second kappa shape index (κ2) is 12.5. The van der Waals surface area contributed by atoms with Gasteiger partial charge in [0.25, 0.3) is 0 Å². The minimum atomic E-state index is -1.13. The molecule has 0 heterocycles. The zero-order valence-electron chi connectivity index (χ0n) is 19.7. The van der Waals surface area contributed by atoms with E-state index in [0.717, 1.165) is 11.6 Å². The first kappa shape index (κ1) is 27.1. The number of rotatable bonds is 10. The average molecular weight is 534 g/mol. The predicted octanol–water partition coefficient (Wildman–Crippen LogP) is 6.90. The third-order valence-corrected chi connectivity index (χ3v) is 5.46. The molecule has 3 rings (SSSR count). The normalized spacial score (nSPS) is 10.7. The van der Waals surface area contributed by atoms with E-state index in [-0.39, 0.29) is 22.4 Å². The molecular formula is C26H26Cl2FN3O4. The molecule has 2 amide bonds. The van der Waals surface area contributed by atoms with Crippen molar-refractivity contribution in [2.75, 3.05) is 28.7 Å². The predicted molar refractivity (Wildman–Crippen MR) is 141 cm³/mol. The maximum Gasteiger partial charge on any atom is 0.341 e. The molecule has 10 heteroatoms. The monoisotopic (exact) mass is 533 g/mol. The van der Waals surface area contributed by atoms with Crippen LogP contribution in [0.5, 0.6) is 5.75 Å². The number of anilines is 3. The quantitative estimate of drug-likeness (QED) is 0.263. The van der Waals surface area contributed by atoms with E-state index in [1.807, 2.05) is 12.1 Å². The lowest BCUT2D eigenvalue weighted by Gasteiger charge is -2.29. The van der Waals surface area contributed by atoms with Crippen LogP contribution in [0, 0.1) is 11.7 Å². The van der Waals surface area contributed by atoms with Gasteiger partial charge in [0.2, 0.25) is 0 Å². The van der Waals surface area contributed by atoms with Crippen molar-refractivity contribution in [3.63, 3.8) is 0 Å². The van der Waals surface area contributed by atoms with Gasteiger partial charge in [-0.25, -0.2) is 14.0 Å². The standard InChI is InChI=1S/C26H26Cl2FN3O4/c1-16(2)13-32(14-17-3-5-18(27)6-4-17)24-10-8-20(36-15-25(33)34)12-23(24)31-26(35)30-22-9-7-19(28)11-21(22)29/h3-12,16H,13-15H2,1-2H3,(H,33,34)(H2,30,31,35). The first-order chi connectivity index (χ1) is 17.1. The van der Waals surface area contributed by atoms with Gasteiger partial charge < -0.3 is 25.4 Å². The molecule has 0 aromatic heterocycles. The van der Waals surface area contributed by atoms with E-state index in [2.05, 4.69) is 29.4 Å². The minimum Gasteiger partial charge on any atom is -0.482 e. The summed E-state index contributed by atoms with van der Waals surface area (Å²) in [6.45, 7) is 4.78. The number of nitrogens with one attached hydrogen (secondary N) is 2. The summed E-state index contributed by atoms with van der Waals surface area (Å²) in [4.78, 5) is 25.8. The van der Waals surface area contributed by atoms with Gasteiger partial charge in [-0.2, -0.15) is 0 Å². The first-order valence-electron chi connectivity index (χ1n) is 11.1. The lowest BCUT2D eigenvalue weighted by molar-refractivity contribution is -0.139. The summed E-state index contributed by atoms with van der Waals surface area (Å²) >= 11 is 11.8. The molecule has 0 bridgehead atoms. The Labute approximate surface area is 218 Å². The van der Waals surface area contributed by atoms with Crippen molar-refractivity contribution in [3.05, 3.63) is 82.1 Å². The van der Waals surface area contributed by atoms with Gasteiger partial charge in [-0.3, -0.25) is 0 Å². The Hall–Kier alpha value is -3.49. The molecule has 3 aromatic carbocycles. The Morgan fingerprint density at radius 2 is 1.64 bits per heavy atom. The number of benzene rings is 3. The highest BCUT2D eigenvalue weighted by atomic mass is 35.5. The molecule has 190 valence electrons. The molecule has 0 atom stereocenters. The van der Waals surface area contributed by atoms with E-state index in [9.17, 15) is 14.0 Å². The van der Waals surface area contributed by atoms with E-state index in [1.165, 1.54) is 18.2 Å². The second-order valence-corrected chi connectivity index (χ2v) is 9.34. The van der Waals surface area contributed by atoms with Crippen LogP contribution in [-0.2, 0) is 11.3 Å². The van der Waals surface area contributed by atoms with Gasteiger partial charge in [-0.1, -0.05) is 49.2 Å². The third-order valence-electron chi connectivity index (χ3n) is 4.97. The van der Waals surface area contributed by atoms with Crippen LogP contribution in [0.1, 0.15) is 19.4 Å². The topological polar surface area (TPSA) is 90.9 Å². The van der Waals surface area contributed by atoms with Crippen LogP contribution >= 0.6 is 23.2 Å². The number of ether oxygens (including phenoxy) is 1. The van der Waals surface area contributed by atoms with Crippen LogP contribution in [0.15, 0.2) is 60.7 Å². The van der Waals surface area contributed by atoms with Gasteiger partial charge in [0.1, 0.15) is 11.6 Å². The van der Waals surface area contributed by atoms with Gasteiger partial charge in [-0.05, 0) is 53.9 Å². The number of carboxylic acid groups (broad SMARTS) is 1. The zero-order valence-corrected chi connectivity index (χ0v) is 21.2. The zero-order chi connectivity index (χ0) is 26.2. The number of carbonyl (C=O) groups excluding carboxylic acids is 1. The largest absolute Gasteiger partial charge is 0.482 e. The van der Waals surface area contributed by atoms with Crippen molar-refractivity contribution in [3.8, 4) is 5.75 Å². The second-order valence-electron chi connectivity index (χ2n) is 8.47. The van der Waals surface area contributed by atoms with E-state index in [1.54, 1.807) is 24.3 Å². The van der Waals surface area contributed by atoms with Crippen LogP contribution < -0.4 is 20.3 Å². The van der Waals surface area contributed by atoms with E-state index in [4.69, 9.17) is 33.0 Å². The molecule has 0 spiro atoms. The lowest BCUT2D eigenvalue weighted by Crippen LogP contribution is -2.29. The number of carboxylic acids is 1. The fraction of sp³-hybridized carbons (Fsp3) is 0.231. The Bertz CT molecular complexity index is 1220. The minimum absolute atomic E-state index is 0.0445. The van der Waals surface area contributed by atoms with Crippen molar-refractivity contribution >= 4 is 52.3 Å². The molecule has 0 radical (unpaired) electrons. The number of nitrogens with zero attached hydrogens (tertiary/aromatic N) is 1. The van der Waals surface area contributed by atoms with Crippen molar-refractivity contribution in [1.82, 2.24) is 0 Å². The van der Waals surface area contributed by atoms with Gasteiger partial charge in [0.05, 0.1) is 17.1 Å². The highest BCUT2D eigenvalue weighted by Gasteiger charge is 2.18. The molecule has 36 heavy (non-hydrogen) atoms. The van der Waals surface area contributed by atoms with Crippen LogP contribution in [0.2, 0.25) is 10.0 Å². The highest BCUT2D eigenvalue weighted by Crippen LogP contribution is 2.33. The summed E-state index contributed by atoms with van der Waals surface area (Å²) in [5.41, 5.74) is 1.99. The number of urea groups is 1. The summed E-state index contributed by atoms with van der Waals surface area (Å²) in [7, 11) is 0. The van der Waals surface area contributed by atoms with Crippen LogP contribution in [0.3, 0.4) is 0 Å². The number of hydrogen-bond donors (Lipinski definition) is 3. The van der Waals surface area contributed by atoms with Gasteiger partial charge in [0.15, 0.2) is 6.61 Å². The molecule has 0 saturated heterocycles. The van der Waals surface area contributed by atoms with Gasteiger partial charge >= 0.3 is 12.0 Å². The fourth-order valence-electron chi connectivity index (χ4n) is 3.49. The SMILES string of the molecule is CC(C)CN(Cc1ccc(Cl)cc1)c1ccc(OCC(=O)O)cc1NC(=O)Nc1ccc(Cl)cc1F. The molecule has 0 aliphatic carbocycles. The first-order valence-corrected chi connectivity index (χ1v) is 11.9. The summed E-state index contributed by atoms with van der Waals surface area (Å²) in [5, 5.41) is 15.0. The maximum atomic E-state index is 14.2. The Morgan fingerprint density at radius 3 is 2.28 bits per heavy atom. The van der Waals surface area contributed by atoms with Gasteiger partial charge in [-0.15, -0.1) is 0 Å². The molecule has 0 aliphatic rings. The van der Waals surface area contributed by atoms with Crippen molar-refractivity contribution in [2.45, 2.75) is 20.4 Å². The molecule has 0 unspecified atom stereocenters. The van der Waals surface area contributed by atoms with E-state index >= 15 is 0 Å². The molecule has 7 nitrogen and oxygen atoms in total. The van der Waals surface area contributed by atoms with Gasteiger partial charge in [0, 0.05) is 29.2 Å². The Morgan fingerprint density at radius 1 is 0.972 bits per heavy atom. The average Bonchev–Trinajstić information content (AvgIpc) is 2.80.